The number of hydrogen-bond acceptors (Lipinski definition) is 5. The van der Waals surface area contributed by atoms with Crippen LogP contribution in [0.1, 0.15) is 29.0 Å². The van der Waals surface area contributed by atoms with Gasteiger partial charge in [0.2, 0.25) is 0 Å². The normalized spacial score (nSPS) is 17.9. The molecule has 1 atom stereocenters. The third kappa shape index (κ3) is 4.28. The Morgan fingerprint density at radius 3 is 2.93 bits per heavy atom. The predicted molar refractivity (Wildman–Crippen MR) is 104 cm³/mol. The topological polar surface area (TPSA) is 75.9 Å². The number of carbonyl (C=O) groups excluding carboxylic acids is 1. The average Bonchev–Trinajstić information content (AvgIpc) is 3.08. The Kier molecular flexibility index (Phi) is 5.42. The van der Waals surface area contributed by atoms with Gasteiger partial charge < -0.3 is 5.32 Å². The first kappa shape index (κ1) is 20.3. The Hall–Kier alpha value is -3.01. The molecular weight excluding hydrogens is 397 g/mol. The molecule has 10 heteroatoms. The minimum atomic E-state index is -4.25. The highest BCUT2D eigenvalue weighted by Crippen LogP contribution is 2.23. The van der Waals surface area contributed by atoms with E-state index in [1.54, 1.807) is 24.0 Å². The number of benzene rings is 1. The zero-order chi connectivity index (χ0) is 21.3. The summed E-state index contributed by atoms with van der Waals surface area (Å²) in [6, 6.07) is 7.19. The average molecular weight is 418 g/mol. The second-order valence-corrected chi connectivity index (χ2v) is 7.47. The molecule has 4 rings (SSSR count). The van der Waals surface area contributed by atoms with Gasteiger partial charge in [-0.05, 0) is 38.4 Å². The summed E-state index contributed by atoms with van der Waals surface area (Å²) in [5.41, 5.74) is 1.49. The second kappa shape index (κ2) is 8.02. The highest BCUT2D eigenvalue weighted by atomic mass is 19.4. The van der Waals surface area contributed by atoms with E-state index in [1.807, 2.05) is 24.3 Å². The largest absolute Gasteiger partial charge is 0.401 e. The third-order valence-corrected chi connectivity index (χ3v) is 5.24. The number of pyridine rings is 1. The molecular formula is C20H21F3N6O. The molecule has 7 nitrogen and oxygen atoms in total. The van der Waals surface area contributed by atoms with Crippen LogP contribution in [0.2, 0.25) is 0 Å². The van der Waals surface area contributed by atoms with Gasteiger partial charge in [0.15, 0.2) is 5.69 Å². The van der Waals surface area contributed by atoms with Crippen LogP contribution in [0.15, 0.2) is 36.7 Å². The molecule has 1 aromatic carbocycles. The summed E-state index contributed by atoms with van der Waals surface area (Å²) in [5.74, 6) is -0.431. The minimum absolute atomic E-state index is 0.161. The molecule has 3 heterocycles. The molecule has 1 aliphatic rings. The van der Waals surface area contributed by atoms with Crippen LogP contribution < -0.4 is 5.32 Å². The van der Waals surface area contributed by atoms with E-state index in [0.29, 0.717) is 25.1 Å². The van der Waals surface area contributed by atoms with Crippen LogP contribution in [0.4, 0.5) is 13.2 Å². The maximum Gasteiger partial charge on any atom is 0.401 e. The predicted octanol–water partition coefficient (Wildman–Crippen LogP) is 2.88. The van der Waals surface area contributed by atoms with Crippen LogP contribution in [0.5, 0.6) is 0 Å². The van der Waals surface area contributed by atoms with Crippen molar-refractivity contribution in [3.63, 3.8) is 0 Å². The van der Waals surface area contributed by atoms with Crippen molar-refractivity contribution >= 4 is 16.7 Å². The van der Waals surface area contributed by atoms with Crippen molar-refractivity contribution in [2.24, 2.45) is 0 Å². The second-order valence-electron chi connectivity index (χ2n) is 7.47. The Morgan fingerprint density at radius 2 is 2.13 bits per heavy atom. The third-order valence-electron chi connectivity index (χ3n) is 5.24. The zero-order valence-electron chi connectivity index (χ0n) is 16.4. The van der Waals surface area contributed by atoms with Gasteiger partial charge in [0, 0.05) is 35.8 Å². The standard InChI is InChI=1S/C20H21F3N6O/c1-13-18(19(30)25-15-5-3-9-28(11-15)12-20(21,22)23)26-27-29(13)17-6-2-4-14-10-24-8-7-16(14)17/h2,4,6-8,10,15H,3,5,9,11-12H2,1H3,(H,25,30). The molecule has 0 aliphatic carbocycles. The number of fused-ring (bicyclic) bond motifs is 1. The highest BCUT2D eigenvalue weighted by molar-refractivity contribution is 5.94. The number of rotatable bonds is 4. The van der Waals surface area contributed by atoms with Crippen LogP contribution in [0.25, 0.3) is 16.5 Å². The van der Waals surface area contributed by atoms with Crippen LogP contribution >= 0.6 is 0 Å². The molecule has 1 N–H and O–H groups in total. The number of hydrogen-bond donors (Lipinski definition) is 1. The summed E-state index contributed by atoms with van der Waals surface area (Å²) >= 11 is 0. The molecule has 158 valence electrons. The Balaban J connectivity index is 1.52. The molecule has 0 saturated carbocycles. The molecule has 0 spiro atoms. The first-order valence-electron chi connectivity index (χ1n) is 9.67. The molecule has 3 aromatic rings. The lowest BCUT2D eigenvalue weighted by molar-refractivity contribution is -0.148. The summed E-state index contributed by atoms with van der Waals surface area (Å²) < 4.78 is 39.6. The minimum Gasteiger partial charge on any atom is -0.347 e. The zero-order valence-corrected chi connectivity index (χ0v) is 16.4. The van der Waals surface area contributed by atoms with Crippen LogP contribution in [0, 0.1) is 6.92 Å². The molecule has 30 heavy (non-hydrogen) atoms. The first-order valence-corrected chi connectivity index (χ1v) is 9.67. The van der Waals surface area contributed by atoms with Crippen LogP contribution in [-0.4, -0.2) is 62.6 Å². The lowest BCUT2D eigenvalue weighted by Gasteiger charge is -2.33. The summed E-state index contributed by atoms with van der Waals surface area (Å²) in [6.07, 6.45) is 0.398. The maximum absolute atomic E-state index is 12.8. The molecule has 0 radical (unpaired) electrons. The van der Waals surface area contributed by atoms with Gasteiger partial charge in [-0.25, -0.2) is 4.68 Å². The van der Waals surface area contributed by atoms with Crippen molar-refractivity contribution in [2.75, 3.05) is 19.6 Å². The molecule has 1 saturated heterocycles. The fourth-order valence-electron chi connectivity index (χ4n) is 3.88. The number of amides is 1. The van der Waals surface area contributed by atoms with Crippen LogP contribution in [-0.2, 0) is 0 Å². The number of likely N-dealkylation sites (tertiary alicyclic amines) is 1. The summed E-state index contributed by atoms with van der Waals surface area (Å²) in [7, 11) is 0. The molecule has 1 unspecified atom stereocenters. The Morgan fingerprint density at radius 1 is 1.30 bits per heavy atom. The van der Waals surface area contributed by atoms with E-state index in [1.165, 1.54) is 4.90 Å². The Labute approximate surface area is 170 Å². The number of halogens is 3. The van der Waals surface area contributed by atoms with Crippen molar-refractivity contribution in [2.45, 2.75) is 32.0 Å². The van der Waals surface area contributed by atoms with Gasteiger partial charge in [0.25, 0.3) is 5.91 Å². The lowest BCUT2D eigenvalue weighted by atomic mass is 10.1. The van der Waals surface area contributed by atoms with E-state index in [0.717, 1.165) is 16.5 Å². The quantitative estimate of drug-likeness (QED) is 0.705. The van der Waals surface area contributed by atoms with Gasteiger partial charge in [-0.3, -0.25) is 14.7 Å². The Bertz CT molecular complexity index is 1060. The molecule has 1 amide bonds. The summed E-state index contributed by atoms with van der Waals surface area (Å²) in [5, 5.41) is 12.8. The van der Waals surface area contributed by atoms with Crippen molar-refractivity contribution < 1.29 is 18.0 Å². The number of nitrogens with zero attached hydrogens (tertiary/aromatic N) is 5. The maximum atomic E-state index is 12.8. The van der Waals surface area contributed by atoms with Gasteiger partial charge in [0.05, 0.1) is 17.9 Å². The number of piperidine rings is 1. The van der Waals surface area contributed by atoms with Crippen molar-refractivity contribution in [3.05, 3.63) is 48.0 Å². The monoisotopic (exact) mass is 418 g/mol. The SMILES string of the molecule is Cc1c(C(=O)NC2CCCN(CC(F)(F)F)C2)nnn1-c1cccc2cnccc12. The van der Waals surface area contributed by atoms with E-state index in [9.17, 15) is 18.0 Å². The van der Waals surface area contributed by atoms with Crippen molar-refractivity contribution in [1.29, 1.82) is 0 Å². The van der Waals surface area contributed by atoms with E-state index in [4.69, 9.17) is 0 Å². The van der Waals surface area contributed by atoms with Crippen molar-refractivity contribution in [3.8, 4) is 5.69 Å². The number of alkyl halides is 3. The number of carbonyl (C=O) groups is 1. The van der Waals surface area contributed by atoms with Gasteiger partial charge in [0.1, 0.15) is 0 Å². The molecule has 1 aliphatic heterocycles. The highest BCUT2D eigenvalue weighted by Gasteiger charge is 2.33. The molecule has 0 bridgehead atoms. The van der Waals surface area contributed by atoms with Crippen molar-refractivity contribution in [1.82, 2.24) is 30.2 Å². The lowest BCUT2D eigenvalue weighted by Crippen LogP contribution is -2.50. The summed E-state index contributed by atoms with van der Waals surface area (Å²) in [4.78, 5) is 18.2. The van der Waals surface area contributed by atoms with E-state index < -0.39 is 18.6 Å². The van der Waals surface area contributed by atoms with Gasteiger partial charge in [-0.15, -0.1) is 5.10 Å². The van der Waals surface area contributed by atoms with Crippen LogP contribution in [0.3, 0.4) is 0 Å². The van der Waals surface area contributed by atoms with Gasteiger partial charge in [-0.2, -0.15) is 13.2 Å². The van der Waals surface area contributed by atoms with Gasteiger partial charge in [-0.1, -0.05) is 17.3 Å². The summed E-state index contributed by atoms with van der Waals surface area (Å²) in [6.45, 7) is 1.31. The fraction of sp³-hybridized carbons (Fsp3) is 0.400. The molecule has 1 fully saturated rings. The van der Waals surface area contributed by atoms with E-state index in [2.05, 4.69) is 20.6 Å². The first-order chi connectivity index (χ1) is 14.3. The smallest absolute Gasteiger partial charge is 0.347 e. The number of nitrogens with one attached hydrogen (secondary N) is 1. The van der Waals surface area contributed by atoms with Gasteiger partial charge >= 0.3 is 6.18 Å². The molecule has 2 aromatic heterocycles. The van der Waals surface area contributed by atoms with E-state index >= 15 is 0 Å². The number of aromatic nitrogens is 4. The van der Waals surface area contributed by atoms with E-state index in [-0.39, 0.29) is 18.3 Å². The fourth-order valence-corrected chi connectivity index (χ4v) is 3.88.